The monoisotopic (exact) mass is 1090 g/mol. The predicted octanol–water partition coefficient (Wildman–Crippen LogP) is 22.8. The zero-order valence-corrected chi connectivity index (χ0v) is 51.6. The van der Waals surface area contributed by atoms with Gasteiger partial charge in [0.1, 0.15) is 13.2 Å². The molecule has 0 heterocycles. The zero-order chi connectivity index (χ0) is 57.1. The van der Waals surface area contributed by atoms with Crippen LogP contribution in [0.1, 0.15) is 303 Å². The molecule has 6 heteroatoms. The third-order valence-corrected chi connectivity index (χ3v) is 13.9. The van der Waals surface area contributed by atoms with Crippen LogP contribution in [0.3, 0.4) is 0 Å². The van der Waals surface area contributed by atoms with Crippen molar-refractivity contribution < 1.29 is 28.6 Å². The van der Waals surface area contributed by atoms with Crippen molar-refractivity contribution in [3.05, 3.63) is 122 Å². The van der Waals surface area contributed by atoms with Crippen molar-refractivity contribution in [1.29, 1.82) is 0 Å². The summed E-state index contributed by atoms with van der Waals surface area (Å²) in [6.07, 6.45) is 92.0. The summed E-state index contributed by atoms with van der Waals surface area (Å²) in [4.78, 5) is 38.4. The van der Waals surface area contributed by atoms with Gasteiger partial charge in [-0.2, -0.15) is 0 Å². The number of hydrogen-bond acceptors (Lipinski definition) is 6. The molecule has 0 radical (unpaired) electrons. The van der Waals surface area contributed by atoms with E-state index in [-0.39, 0.29) is 31.1 Å². The van der Waals surface area contributed by atoms with Crippen LogP contribution >= 0.6 is 0 Å². The molecule has 1 unspecified atom stereocenters. The summed E-state index contributed by atoms with van der Waals surface area (Å²) in [6, 6.07) is 0. The highest BCUT2D eigenvalue weighted by molar-refractivity contribution is 5.71. The first-order chi connectivity index (χ1) is 39.0. The average Bonchev–Trinajstić information content (AvgIpc) is 3.45. The summed E-state index contributed by atoms with van der Waals surface area (Å²) < 4.78 is 16.9. The maximum absolute atomic E-state index is 12.9. The Labute approximate surface area is 488 Å². The van der Waals surface area contributed by atoms with Crippen LogP contribution in [0.25, 0.3) is 0 Å². The number of allylic oxidation sites excluding steroid dienone is 20. The van der Waals surface area contributed by atoms with Gasteiger partial charge in [-0.05, 0) is 128 Å². The summed E-state index contributed by atoms with van der Waals surface area (Å²) in [5.41, 5.74) is 0. The Balaban J connectivity index is 4.43. The van der Waals surface area contributed by atoms with E-state index < -0.39 is 6.10 Å². The van der Waals surface area contributed by atoms with E-state index in [0.29, 0.717) is 19.3 Å². The van der Waals surface area contributed by atoms with Crippen LogP contribution in [0.15, 0.2) is 122 Å². The smallest absolute Gasteiger partial charge is 0.306 e. The summed E-state index contributed by atoms with van der Waals surface area (Å²) in [6.45, 7) is 6.40. The van der Waals surface area contributed by atoms with Gasteiger partial charge in [0.25, 0.3) is 0 Å². The minimum atomic E-state index is -0.798. The van der Waals surface area contributed by atoms with Gasteiger partial charge >= 0.3 is 17.9 Å². The first-order valence-electron chi connectivity index (χ1n) is 33.0. The number of carbonyl (C=O) groups excluding carboxylic acids is 3. The first-order valence-corrected chi connectivity index (χ1v) is 33.0. The van der Waals surface area contributed by atoms with Crippen LogP contribution < -0.4 is 0 Å². The van der Waals surface area contributed by atoms with E-state index in [1.54, 1.807) is 0 Å². The van der Waals surface area contributed by atoms with Crippen molar-refractivity contribution in [2.24, 2.45) is 0 Å². The Morgan fingerprint density at radius 1 is 0.266 bits per heavy atom. The van der Waals surface area contributed by atoms with Crippen molar-refractivity contribution in [1.82, 2.24) is 0 Å². The van der Waals surface area contributed by atoms with E-state index in [1.807, 2.05) is 0 Å². The van der Waals surface area contributed by atoms with Gasteiger partial charge in [-0.25, -0.2) is 0 Å². The van der Waals surface area contributed by atoms with Crippen molar-refractivity contribution >= 4 is 17.9 Å². The molecule has 0 bridgehead atoms. The van der Waals surface area contributed by atoms with Crippen molar-refractivity contribution in [3.8, 4) is 0 Å². The minimum Gasteiger partial charge on any atom is -0.462 e. The zero-order valence-electron chi connectivity index (χ0n) is 51.6. The van der Waals surface area contributed by atoms with Gasteiger partial charge < -0.3 is 14.2 Å². The topological polar surface area (TPSA) is 78.9 Å². The van der Waals surface area contributed by atoms with Crippen LogP contribution in [0, 0.1) is 0 Å². The Hall–Kier alpha value is -4.19. The maximum Gasteiger partial charge on any atom is 0.306 e. The number of esters is 3. The lowest BCUT2D eigenvalue weighted by molar-refractivity contribution is -0.167. The van der Waals surface area contributed by atoms with Gasteiger partial charge in [0, 0.05) is 19.3 Å². The molecular formula is C73H122O6. The molecule has 0 saturated heterocycles. The highest BCUT2D eigenvalue weighted by atomic mass is 16.6. The van der Waals surface area contributed by atoms with Crippen LogP contribution in [0.5, 0.6) is 0 Å². The van der Waals surface area contributed by atoms with Gasteiger partial charge in [0.05, 0.1) is 0 Å². The molecule has 0 spiro atoms. The normalized spacial score (nSPS) is 12.9. The van der Waals surface area contributed by atoms with E-state index in [0.717, 1.165) is 141 Å². The van der Waals surface area contributed by atoms with Crippen LogP contribution in [-0.2, 0) is 28.6 Å². The molecule has 450 valence electrons. The van der Waals surface area contributed by atoms with Gasteiger partial charge in [-0.15, -0.1) is 0 Å². The molecule has 0 saturated carbocycles. The molecule has 6 nitrogen and oxygen atoms in total. The van der Waals surface area contributed by atoms with E-state index in [4.69, 9.17) is 14.2 Å². The quantitative estimate of drug-likeness (QED) is 0.0261. The lowest BCUT2D eigenvalue weighted by Crippen LogP contribution is -2.30. The van der Waals surface area contributed by atoms with Crippen molar-refractivity contribution in [3.63, 3.8) is 0 Å². The second kappa shape index (κ2) is 66.3. The number of unbranched alkanes of at least 4 members (excludes halogenated alkanes) is 28. The molecule has 0 rings (SSSR count). The van der Waals surface area contributed by atoms with Crippen LogP contribution in [0.4, 0.5) is 0 Å². The molecule has 1 atom stereocenters. The minimum absolute atomic E-state index is 0.0916. The molecule has 0 aliphatic heterocycles. The Kier molecular flexibility index (Phi) is 62.8. The lowest BCUT2D eigenvalue weighted by atomic mass is 10.0. The summed E-state index contributed by atoms with van der Waals surface area (Å²) in [5, 5.41) is 0. The van der Waals surface area contributed by atoms with Gasteiger partial charge in [-0.1, -0.05) is 277 Å². The molecular weight excluding hydrogens is 973 g/mol. The SMILES string of the molecule is CC/C=C\C/C=C\C/C=C\C/C=C\CCCCCCCCC(=O)OCC(COC(=O)CCCCCCCCCCCCC/C=C\C/C=C\CCCCCCC)OC(=O)CCCCCCCC/C=C\C/C=C\C/C=C\C/C=C\CC. The highest BCUT2D eigenvalue weighted by Crippen LogP contribution is 2.16. The average molecular weight is 1100 g/mol. The van der Waals surface area contributed by atoms with Crippen molar-refractivity contribution in [2.45, 2.75) is 309 Å². The van der Waals surface area contributed by atoms with E-state index in [1.165, 1.54) is 122 Å². The fourth-order valence-electron chi connectivity index (χ4n) is 9.04. The third kappa shape index (κ3) is 64.5. The molecule has 0 aromatic rings. The number of rotatable bonds is 59. The molecule has 0 aromatic carbocycles. The van der Waals surface area contributed by atoms with E-state index in [2.05, 4.69) is 142 Å². The highest BCUT2D eigenvalue weighted by Gasteiger charge is 2.19. The Bertz CT molecular complexity index is 1640. The number of ether oxygens (including phenoxy) is 3. The van der Waals surface area contributed by atoms with Gasteiger partial charge in [0.2, 0.25) is 0 Å². The fourth-order valence-corrected chi connectivity index (χ4v) is 9.04. The number of carbonyl (C=O) groups is 3. The Morgan fingerprint density at radius 3 is 0.772 bits per heavy atom. The maximum atomic E-state index is 12.9. The third-order valence-electron chi connectivity index (χ3n) is 13.9. The molecule has 0 amide bonds. The Morgan fingerprint density at radius 2 is 0.494 bits per heavy atom. The van der Waals surface area contributed by atoms with E-state index in [9.17, 15) is 14.4 Å². The molecule has 0 aromatic heterocycles. The fraction of sp³-hybridized carbons (Fsp3) is 0.685. The van der Waals surface area contributed by atoms with Crippen LogP contribution in [-0.4, -0.2) is 37.2 Å². The standard InChI is InChI=1S/C73H122O6/c1-4-7-10-13-16-19-22-25-28-31-34-35-36-37-40-42-45-48-51-54-57-60-63-66-72(75)78-69-70(79-73(76)67-64-61-58-55-52-49-46-43-39-33-30-27-24-21-18-15-12-9-6-3)68-77-71(74)65-62-59-56-53-50-47-44-41-38-32-29-26-23-20-17-14-11-8-5-2/h8-9,11-12,17-18,20-22,25-27,29-31,34,38-39,41,43,70H,4-7,10,13-16,19,23-24,28,32-33,35-37,40,42,44-69H2,1-3H3/b11-8-,12-9-,20-17-,21-18-,25-22-,29-26-,30-27-,34-31-,41-38-,43-39-. The second-order valence-electron chi connectivity index (χ2n) is 21.6. The lowest BCUT2D eigenvalue weighted by Gasteiger charge is -2.18. The predicted molar refractivity (Wildman–Crippen MR) is 343 cm³/mol. The molecule has 0 aliphatic carbocycles. The van der Waals surface area contributed by atoms with E-state index >= 15 is 0 Å². The number of hydrogen-bond donors (Lipinski definition) is 0. The summed E-state index contributed by atoms with van der Waals surface area (Å²) in [5.74, 6) is -0.915. The molecule has 0 N–H and O–H groups in total. The van der Waals surface area contributed by atoms with Crippen molar-refractivity contribution in [2.75, 3.05) is 13.2 Å². The largest absolute Gasteiger partial charge is 0.462 e. The molecule has 79 heavy (non-hydrogen) atoms. The summed E-state index contributed by atoms with van der Waals surface area (Å²) in [7, 11) is 0. The second-order valence-corrected chi connectivity index (χ2v) is 21.6. The molecule has 0 fully saturated rings. The molecule has 0 aliphatic rings. The first kappa shape index (κ1) is 74.8. The van der Waals surface area contributed by atoms with Gasteiger partial charge in [0.15, 0.2) is 6.10 Å². The van der Waals surface area contributed by atoms with Crippen LogP contribution in [0.2, 0.25) is 0 Å². The summed E-state index contributed by atoms with van der Waals surface area (Å²) >= 11 is 0. The van der Waals surface area contributed by atoms with Gasteiger partial charge in [-0.3, -0.25) is 14.4 Å².